The summed E-state index contributed by atoms with van der Waals surface area (Å²) in [7, 11) is 12.6. The molecule has 2 heterocycles. The molecule has 2 aliphatic rings. The van der Waals surface area contributed by atoms with Crippen molar-refractivity contribution in [3.8, 4) is 0 Å². The zero-order valence-corrected chi connectivity index (χ0v) is 19.7. The van der Waals surface area contributed by atoms with Gasteiger partial charge < -0.3 is 52.1 Å². The highest BCUT2D eigenvalue weighted by atomic mass is 16.8. The van der Waals surface area contributed by atoms with Crippen LogP contribution in [0.15, 0.2) is 0 Å². The van der Waals surface area contributed by atoms with Crippen LogP contribution in [0.3, 0.4) is 0 Å². The van der Waals surface area contributed by atoms with Gasteiger partial charge in [0.25, 0.3) is 0 Å². The minimum absolute atomic E-state index is 0.284. The zero-order chi connectivity index (χ0) is 23.0. The molecule has 10 unspecified atom stereocenters. The van der Waals surface area contributed by atoms with Gasteiger partial charge in [-0.05, 0) is 0 Å². The average molecular weight is 455 g/mol. The Bertz CT molecular complexity index is 454. The van der Waals surface area contributed by atoms with Crippen LogP contribution in [0.1, 0.15) is 0 Å². The third-order valence-corrected chi connectivity index (χ3v) is 5.75. The van der Waals surface area contributed by atoms with E-state index >= 15 is 0 Å². The van der Waals surface area contributed by atoms with Gasteiger partial charge in [-0.2, -0.15) is 0 Å². The molecule has 2 saturated heterocycles. The first-order valence-corrected chi connectivity index (χ1v) is 10.2. The van der Waals surface area contributed by atoms with E-state index in [4.69, 9.17) is 52.1 Å². The Balaban J connectivity index is 2.28. The second kappa shape index (κ2) is 13.3. The van der Waals surface area contributed by atoms with Crippen LogP contribution in [0.25, 0.3) is 0 Å². The SMILES string of the molecule is COCC1OC(OC2OC(COC)C(OC)C(OC)C2OC)C(OC)C(OC)C1OC. The van der Waals surface area contributed by atoms with Crippen molar-refractivity contribution in [1.29, 1.82) is 0 Å². The van der Waals surface area contributed by atoms with Crippen LogP contribution in [0.5, 0.6) is 0 Å². The Morgan fingerprint density at radius 3 is 1.03 bits per heavy atom. The van der Waals surface area contributed by atoms with Crippen molar-refractivity contribution in [3.05, 3.63) is 0 Å². The highest BCUT2D eigenvalue weighted by Crippen LogP contribution is 2.33. The van der Waals surface area contributed by atoms with Crippen LogP contribution in [-0.4, -0.2) is 132 Å². The number of ether oxygens (including phenoxy) is 11. The summed E-state index contributed by atoms with van der Waals surface area (Å²) in [6, 6.07) is 0. The molecule has 2 fully saturated rings. The maximum atomic E-state index is 6.27. The molecule has 31 heavy (non-hydrogen) atoms. The Morgan fingerprint density at radius 2 is 0.774 bits per heavy atom. The van der Waals surface area contributed by atoms with E-state index in [0.29, 0.717) is 0 Å². The molecule has 10 atom stereocenters. The molecule has 0 N–H and O–H groups in total. The van der Waals surface area contributed by atoms with Gasteiger partial charge in [0.1, 0.15) is 48.8 Å². The minimum Gasteiger partial charge on any atom is -0.382 e. The van der Waals surface area contributed by atoms with Gasteiger partial charge >= 0.3 is 0 Å². The summed E-state index contributed by atoms with van der Waals surface area (Å²) in [5.74, 6) is 0. The number of hydrogen-bond acceptors (Lipinski definition) is 11. The van der Waals surface area contributed by atoms with E-state index in [1.807, 2.05) is 0 Å². The lowest BCUT2D eigenvalue weighted by Gasteiger charge is -2.48. The second-order valence-corrected chi connectivity index (χ2v) is 7.33. The first-order chi connectivity index (χ1) is 15.0. The fourth-order valence-electron chi connectivity index (χ4n) is 4.31. The molecular formula is C20H38O11. The summed E-state index contributed by atoms with van der Waals surface area (Å²) < 4.78 is 63.1. The number of hydrogen-bond donors (Lipinski definition) is 0. The predicted molar refractivity (Wildman–Crippen MR) is 107 cm³/mol. The molecule has 0 aliphatic carbocycles. The van der Waals surface area contributed by atoms with E-state index in [1.54, 1.807) is 56.9 Å². The molecule has 0 aromatic rings. The minimum atomic E-state index is -0.844. The largest absolute Gasteiger partial charge is 0.382 e. The van der Waals surface area contributed by atoms with Crippen LogP contribution in [0.4, 0.5) is 0 Å². The smallest absolute Gasteiger partial charge is 0.190 e. The van der Waals surface area contributed by atoms with Gasteiger partial charge in [0, 0.05) is 56.9 Å². The molecule has 2 aliphatic heterocycles. The van der Waals surface area contributed by atoms with Crippen molar-refractivity contribution in [2.75, 3.05) is 70.1 Å². The van der Waals surface area contributed by atoms with E-state index in [2.05, 4.69) is 0 Å². The Labute approximate surface area is 184 Å². The van der Waals surface area contributed by atoms with Gasteiger partial charge in [0.2, 0.25) is 0 Å². The normalized spacial score (nSPS) is 41.4. The summed E-state index contributed by atoms with van der Waals surface area (Å²) in [6.45, 7) is 0.569. The van der Waals surface area contributed by atoms with Gasteiger partial charge in [-0.1, -0.05) is 0 Å². The molecule has 0 spiro atoms. The molecule has 0 aromatic heterocycles. The second-order valence-electron chi connectivity index (χ2n) is 7.33. The predicted octanol–water partition coefficient (Wildman–Crippen LogP) is -0.164. The van der Waals surface area contributed by atoms with Gasteiger partial charge in [-0.25, -0.2) is 0 Å². The standard InChI is InChI=1S/C20H38O11/c1-21-9-11-13(23-3)15(25-5)17(27-7)19(29-11)31-20-18(28-8)16(26-6)14(24-4)12(30-20)10-22-2/h11-20H,9-10H2,1-8H3. The van der Waals surface area contributed by atoms with Crippen LogP contribution in [0.2, 0.25) is 0 Å². The van der Waals surface area contributed by atoms with Crippen molar-refractivity contribution >= 4 is 0 Å². The molecule has 0 radical (unpaired) electrons. The lowest BCUT2D eigenvalue weighted by atomic mass is 9.97. The highest BCUT2D eigenvalue weighted by Gasteiger charge is 2.52. The van der Waals surface area contributed by atoms with Crippen LogP contribution < -0.4 is 0 Å². The average Bonchev–Trinajstić information content (AvgIpc) is 2.78. The van der Waals surface area contributed by atoms with Gasteiger partial charge in [-0.15, -0.1) is 0 Å². The van der Waals surface area contributed by atoms with E-state index in [1.165, 1.54) is 0 Å². The van der Waals surface area contributed by atoms with Gasteiger partial charge in [0.15, 0.2) is 12.6 Å². The van der Waals surface area contributed by atoms with Crippen molar-refractivity contribution in [1.82, 2.24) is 0 Å². The van der Waals surface area contributed by atoms with Crippen molar-refractivity contribution in [2.45, 2.75) is 61.4 Å². The molecule has 0 amide bonds. The summed E-state index contributed by atoms with van der Waals surface area (Å²) in [4.78, 5) is 0. The Morgan fingerprint density at radius 1 is 0.452 bits per heavy atom. The van der Waals surface area contributed by atoms with Crippen molar-refractivity contribution in [3.63, 3.8) is 0 Å². The molecule has 184 valence electrons. The van der Waals surface area contributed by atoms with Crippen LogP contribution in [0, 0.1) is 0 Å². The van der Waals surface area contributed by atoms with E-state index in [9.17, 15) is 0 Å². The molecule has 2 rings (SSSR count). The maximum absolute atomic E-state index is 6.27. The number of rotatable bonds is 12. The van der Waals surface area contributed by atoms with E-state index in [-0.39, 0.29) is 13.2 Å². The van der Waals surface area contributed by atoms with Crippen LogP contribution in [-0.2, 0) is 52.1 Å². The quantitative estimate of drug-likeness (QED) is 0.393. The number of methoxy groups -OCH3 is 8. The monoisotopic (exact) mass is 454 g/mol. The van der Waals surface area contributed by atoms with E-state index < -0.39 is 61.4 Å². The first-order valence-electron chi connectivity index (χ1n) is 10.2. The molecule has 11 heteroatoms. The summed E-state index contributed by atoms with van der Waals surface area (Å²) >= 11 is 0. The van der Waals surface area contributed by atoms with Crippen LogP contribution >= 0.6 is 0 Å². The lowest BCUT2D eigenvalue weighted by molar-refractivity contribution is -0.384. The van der Waals surface area contributed by atoms with E-state index in [0.717, 1.165) is 0 Å². The maximum Gasteiger partial charge on any atom is 0.190 e. The topological polar surface area (TPSA) is 102 Å². The van der Waals surface area contributed by atoms with Crippen molar-refractivity contribution < 1.29 is 52.1 Å². The molecule has 11 nitrogen and oxygen atoms in total. The fourth-order valence-corrected chi connectivity index (χ4v) is 4.31. The molecule has 0 bridgehead atoms. The summed E-state index contributed by atoms with van der Waals surface area (Å²) in [5.41, 5.74) is 0. The summed E-state index contributed by atoms with van der Waals surface area (Å²) in [6.07, 6.45) is -5.50. The fraction of sp³-hybridized carbons (Fsp3) is 1.00. The Hall–Kier alpha value is -0.440. The summed E-state index contributed by atoms with van der Waals surface area (Å²) in [5, 5.41) is 0. The lowest BCUT2D eigenvalue weighted by Crippen LogP contribution is -2.65. The van der Waals surface area contributed by atoms with Gasteiger partial charge in [-0.3, -0.25) is 0 Å². The first kappa shape index (κ1) is 26.8. The zero-order valence-electron chi connectivity index (χ0n) is 19.7. The molecular weight excluding hydrogens is 416 g/mol. The molecule has 0 saturated carbocycles. The van der Waals surface area contributed by atoms with Crippen molar-refractivity contribution in [2.24, 2.45) is 0 Å². The Kier molecular flexibility index (Phi) is 11.5. The molecule has 0 aromatic carbocycles. The van der Waals surface area contributed by atoms with Gasteiger partial charge in [0.05, 0.1) is 13.2 Å². The highest BCUT2D eigenvalue weighted by molar-refractivity contribution is 4.95. The third-order valence-electron chi connectivity index (χ3n) is 5.75. The third kappa shape index (κ3) is 5.92.